The van der Waals surface area contributed by atoms with E-state index in [1.807, 2.05) is 62.5 Å². The smallest absolute Gasteiger partial charge is 0.251 e. The number of amides is 1. The molecular formula is C23H28N2O3. The number of anilines is 1. The van der Waals surface area contributed by atoms with Crippen molar-refractivity contribution in [2.24, 2.45) is 0 Å². The van der Waals surface area contributed by atoms with Crippen LogP contribution in [0.2, 0.25) is 0 Å². The number of rotatable bonds is 5. The normalized spacial score (nSPS) is 17.9. The number of benzene rings is 2. The number of nitrogens with zero attached hydrogens (tertiary/aromatic N) is 1. The largest absolute Gasteiger partial charge is 0.448 e. The second kappa shape index (κ2) is 7.74. The van der Waals surface area contributed by atoms with Gasteiger partial charge in [-0.15, -0.1) is 0 Å². The Labute approximate surface area is 166 Å². The van der Waals surface area contributed by atoms with E-state index in [2.05, 4.69) is 5.32 Å². The van der Waals surface area contributed by atoms with E-state index in [1.54, 1.807) is 4.90 Å². The summed E-state index contributed by atoms with van der Waals surface area (Å²) in [6.45, 7) is 2.48. The third-order valence-electron chi connectivity index (χ3n) is 5.54. The van der Waals surface area contributed by atoms with Gasteiger partial charge in [-0.3, -0.25) is 4.79 Å². The summed E-state index contributed by atoms with van der Waals surface area (Å²) < 4.78 is 12.3. The van der Waals surface area contributed by atoms with Crippen LogP contribution in [-0.4, -0.2) is 29.7 Å². The van der Waals surface area contributed by atoms with Crippen molar-refractivity contribution in [2.75, 3.05) is 12.4 Å². The predicted octanol–water partition coefficient (Wildman–Crippen LogP) is 4.58. The minimum Gasteiger partial charge on any atom is -0.448 e. The first kappa shape index (κ1) is 18.7. The molecule has 0 bridgehead atoms. The first-order valence-corrected chi connectivity index (χ1v) is 10.1. The van der Waals surface area contributed by atoms with E-state index in [0.717, 1.165) is 48.4 Å². The standard InChI is InChI=1S/C23H28N2O3/c1-17(22(26)25(2)16-18-9-5-3-6-10-18)24-19-11-12-20-21(15-19)28-23(27-20)13-7-4-8-14-23/h3,5-6,9-12,15,17,24H,4,7-8,13-14,16H2,1-2H3. The van der Waals surface area contributed by atoms with Gasteiger partial charge in [-0.05, 0) is 37.5 Å². The van der Waals surface area contributed by atoms with Gasteiger partial charge in [0.1, 0.15) is 6.04 Å². The van der Waals surface area contributed by atoms with Crippen molar-refractivity contribution >= 4 is 11.6 Å². The van der Waals surface area contributed by atoms with E-state index in [9.17, 15) is 4.79 Å². The number of nitrogens with one attached hydrogen (secondary N) is 1. The fourth-order valence-electron chi connectivity index (χ4n) is 4.06. The quantitative estimate of drug-likeness (QED) is 0.825. The summed E-state index contributed by atoms with van der Waals surface area (Å²) in [6, 6.07) is 15.5. The molecule has 1 aliphatic heterocycles. The van der Waals surface area contributed by atoms with Crippen LogP contribution >= 0.6 is 0 Å². The lowest BCUT2D eigenvalue weighted by Gasteiger charge is -2.31. The van der Waals surface area contributed by atoms with Crippen LogP contribution in [0.3, 0.4) is 0 Å². The van der Waals surface area contributed by atoms with Crippen molar-refractivity contribution in [3.63, 3.8) is 0 Å². The van der Waals surface area contributed by atoms with E-state index >= 15 is 0 Å². The van der Waals surface area contributed by atoms with Gasteiger partial charge < -0.3 is 19.7 Å². The van der Waals surface area contributed by atoms with Gasteiger partial charge in [0.25, 0.3) is 5.79 Å². The number of hydrogen-bond acceptors (Lipinski definition) is 4. The Morgan fingerprint density at radius 2 is 1.79 bits per heavy atom. The molecule has 1 N–H and O–H groups in total. The molecule has 0 radical (unpaired) electrons. The first-order chi connectivity index (χ1) is 13.5. The molecule has 1 fully saturated rings. The summed E-state index contributed by atoms with van der Waals surface area (Å²) in [5.74, 6) is 1.14. The fourth-order valence-corrected chi connectivity index (χ4v) is 4.06. The Morgan fingerprint density at radius 3 is 2.54 bits per heavy atom. The highest BCUT2D eigenvalue weighted by Crippen LogP contribution is 2.46. The number of ether oxygens (including phenoxy) is 2. The molecule has 1 aliphatic carbocycles. The average Bonchev–Trinajstić information content (AvgIpc) is 3.05. The Morgan fingerprint density at radius 1 is 1.07 bits per heavy atom. The SMILES string of the molecule is CC(Nc1ccc2c(c1)OC1(CCCCC1)O2)C(=O)N(C)Cc1ccccc1. The molecule has 1 amide bonds. The molecular weight excluding hydrogens is 352 g/mol. The lowest BCUT2D eigenvalue weighted by molar-refractivity contribution is -0.130. The van der Waals surface area contributed by atoms with Crippen LogP contribution in [-0.2, 0) is 11.3 Å². The van der Waals surface area contributed by atoms with Gasteiger partial charge in [-0.2, -0.15) is 0 Å². The van der Waals surface area contributed by atoms with Crippen molar-refractivity contribution in [3.05, 3.63) is 54.1 Å². The van der Waals surface area contributed by atoms with Gasteiger partial charge >= 0.3 is 0 Å². The molecule has 5 heteroatoms. The van der Waals surface area contributed by atoms with Crippen molar-refractivity contribution in [2.45, 2.75) is 57.4 Å². The van der Waals surface area contributed by atoms with Crippen LogP contribution in [0.4, 0.5) is 5.69 Å². The van der Waals surface area contributed by atoms with Gasteiger partial charge in [0.05, 0.1) is 0 Å². The highest BCUT2D eigenvalue weighted by molar-refractivity contribution is 5.84. The van der Waals surface area contributed by atoms with E-state index < -0.39 is 5.79 Å². The molecule has 148 valence electrons. The topological polar surface area (TPSA) is 50.8 Å². The molecule has 0 aromatic heterocycles. The molecule has 2 aromatic rings. The number of carbonyl (C=O) groups excluding carboxylic acids is 1. The van der Waals surface area contributed by atoms with Crippen molar-refractivity contribution in [1.82, 2.24) is 4.90 Å². The van der Waals surface area contributed by atoms with Gasteiger partial charge in [-0.1, -0.05) is 36.8 Å². The fraction of sp³-hybridized carbons (Fsp3) is 0.435. The second-order valence-corrected chi connectivity index (χ2v) is 7.88. The Kier molecular flexibility index (Phi) is 5.16. The van der Waals surface area contributed by atoms with Crippen LogP contribution in [0.25, 0.3) is 0 Å². The number of likely N-dealkylation sites (N-methyl/N-ethyl adjacent to an activating group) is 1. The monoisotopic (exact) mass is 380 g/mol. The van der Waals surface area contributed by atoms with E-state index in [1.165, 1.54) is 6.42 Å². The maximum absolute atomic E-state index is 12.7. The lowest BCUT2D eigenvalue weighted by atomic mass is 9.94. The Hall–Kier alpha value is -2.69. The van der Waals surface area contributed by atoms with Crippen molar-refractivity contribution in [1.29, 1.82) is 0 Å². The number of fused-ring (bicyclic) bond motifs is 1. The molecule has 1 atom stereocenters. The average molecular weight is 380 g/mol. The summed E-state index contributed by atoms with van der Waals surface area (Å²) in [5, 5.41) is 3.30. The van der Waals surface area contributed by atoms with Gasteiger partial charge in [0.2, 0.25) is 5.91 Å². The highest BCUT2D eigenvalue weighted by Gasteiger charge is 2.42. The molecule has 28 heavy (non-hydrogen) atoms. The van der Waals surface area contributed by atoms with Crippen LogP contribution < -0.4 is 14.8 Å². The molecule has 1 unspecified atom stereocenters. The first-order valence-electron chi connectivity index (χ1n) is 10.1. The third-order valence-corrected chi connectivity index (χ3v) is 5.54. The maximum Gasteiger partial charge on any atom is 0.251 e. The second-order valence-electron chi connectivity index (χ2n) is 7.88. The molecule has 1 heterocycles. The predicted molar refractivity (Wildman–Crippen MR) is 110 cm³/mol. The Bertz CT molecular complexity index is 831. The lowest BCUT2D eigenvalue weighted by Crippen LogP contribution is -2.40. The molecule has 2 aliphatic rings. The summed E-state index contributed by atoms with van der Waals surface area (Å²) in [4.78, 5) is 14.5. The van der Waals surface area contributed by atoms with E-state index in [-0.39, 0.29) is 11.9 Å². The van der Waals surface area contributed by atoms with Crippen LogP contribution in [0, 0.1) is 0 Å². The maximum atomic E-state index is 12.7. The molecule has 4 rings (SSSR count). The zero-order valence-electron chi connectivity index (χ0n) is 16.6. The van der Waals surface area contributed by atoms with Gasteiger partial charge in [-0.25, -0.2) is 0 Å². The van der Waals surface area contributed by atoms with E-state index in [4.69, 9.17) is 9.47 Å². The highest BCUT2D eigenvalue weighted by atomic mass is 16.7. The summed E-state index contributed by atoms with van der Waals surface area (Å²) in [6.07, 6.45) is 5.39. The summed E-state index contributed by atoms with van der Waals surface area (Å²) in [5.41, 5.74) is 1.98. The third kappa shape index (κ3) is 3.93. The summed E-state index contributed by atoms with van der Waals surface area (Å²) >= 11 is 0. The Balaban J connectivity index is 1.38. The molecule has 2 aromatic carbocycles. The molecule has 1 spiro atoms. The zero-order valence-corrected chi connectivity index (χ0v) is 16.6. The van der Waals surface area contributed by atoms with Crippen molar-refractivity contribution < 1.29 is 14.3 Å². The minimum atomic E-state index is -0.476. The zero-order chi connectivity index (χ0) is 19.6. The van der Waals surface area contributed by atoms with Crippen LogP contribution in [0.5, 0.6) is 11.5 Å². The molecule has 1 saturated carbocycles. The van der Waals surface area contributed by atoms with Crippen LogP contribution in [0.1, 0.15) is 44.6 Å². The van der Waals surface area contributed by atoms with Gasteiger partial charge in [0, 0.05) is 38.2 Å². The molecule has 0 saturated heterocycles. The van der Waals surface area contributed by atoms with Crippen molar-refractivity contribution in [3.8, 4) is 11.5 Å². The van der Waals surface area contributed by atoms with Gasteiger partial charge in [0.15, 0.2) is 11.5 Å². The minimum absolute atomic E-state index is 0.0465. The van der Waals surface area contributed by atoms with E-state index in [0.29, 0.717) is 6.54 Å². The van der Waals surface area contributed by atoms with Crippen LogP contribution in [0.15, 0.2) is 48.5 Å². The summed E-state index contributed by atoms with van der Waals surface area (Å²) in [7, 11) is 1.83. The molecule has 5 nitrogen and oxygen atoms in total. The number of hydrogen-bond donors (Lipinski definition) is 1. The number of carbonyl (C=O) groups is 1.